The lowest BCUT2D eigenvalue weighted by atomic mass is 9.97. The molecule has 0 unspecified atom stereocenters. The second-order valence-electron chi connectivity index (χ2n) is 6.41. The zero-order valence-corrected chi connectivity index (χ0v) is 14.6. The minimum atomic E-state index is -1.06. The summed E-state index contributed by atoms with van der Waals surface area (Å²) in [6, 6.07) is 22.7. The second-order valence-corrected chi connectivity index (χ2v) is 6.41. The number of nitrogens with one attached hydrogen (secondary N) is 1. The van der Waals surface area contributed by atoms with Gasteiger partial charge in [-0.2, -0.15) is 0 Å². The summed E-state index contributed by atoms with van der Waals surface area (Å²) in [6.07, 6.45) is 1.85. The van der Waals surface area contributed by atoms with E-state index in [9.17, 15) is 9.59 Å². The Morgan fingerprint density at radius 2 is 1.74 bits per heavy atom. The van der Waals surface area contributed by atoms with Gasteiger partial charge in [-0.15, -0.1) is 0 Å². The van der Waals surface area contributed by atoms with Gasteiger partial charge in [0.05, 0.1) is 0 Å². The quantitative estimate of drug-likeness (QED) is 0.572. The monoisotopic (exact) mass is 358 g/mol. The molecule has 1 aromatic heterocycles. The van der Waals surface area contributed by atoms with Gasteiger partial charge in [-0.1, -0.05) is 48.5 Å². The summed E-state index contributed by atoms with van der Waals surface area (Å²) >= 11 is 0. The van der Waals surface area contributed by atoms with Crippen LogP contribution in [0.15, 0.2) is 72.9 Å². The molecular weight excluding hydrogens is 340 g/mol. The maximum Gasteiger partial charge on any atom is 0.322 e. The molecule has 27 heavy (non-hydrogen) atoms. The van der Waals surface area contributed by atoms with Crippen LogP contribution in [-0.4, -0.2) is 28.1 Å². The molecule has 0 atom stereocenters. The molecule has 1 heterocycles. The van der Waals surface area contributed by atoms with Gasteiger partial charge in [0.15, 0.2) is 0 Å². The number of carbonyl (C=O) groups is 2. The van der Waals surface area contributed by atoms with Crippen molar-refractivity contribution in [2.24, 2.45) is 0 Å². The predicted octanol–water partition coefficient (Wildman–Crippen LogP) is 3.66. The number of fused-ring (bicyclic) bond motifs is 2. The van der Waals surface area contributed by atoms with E-state index in [1.807, 2.05) is 35.0 Å². The van der Waals surface area contributed by atoms with Gasteiger partial charge in [0.25, 0.3) is 0 Å². The molecule has 0 fully saturated rings. The largest absolute Gasteiger partial charge is 0.480 e. The number of amides is 1. The molecule has 0 saturated heterocycles. The maximum absolute atomic E-state index is 11.9. The van der Waals surface area contributed by atoms with E-state index in [1.165, 1.54) is 16.3 Å². The van der Waals surface area contributed by atoms with E-state index in [4.69, 9.17) is 5.11 Å². The van der Waals surface area contributed by atoms with E-state index in [0.717, 1.165) is 16.5 Å². The van der Waals surface area contributed by atoms with Crippen molar-refractivity contribution in [3.63, 3.8) is 0 Å². The number of hydrogen-bond acceptors (Lipinski definition) is 2. The van der Waals surface area contributed by atoms with Crippen molar-refractivity contribution in [1.82, 2.24) is 9.88 Å². The molecule has 1 amide bonds. The first-order chi connectivity index (χ1) is 13.1. The summed E-state index contributed by atoms with van der Waals surface area (Å²) in [7, 11) is 0. The number of hydrogen-bond donors (Lipinski definition) is 2. The van der Waals surface area contributed by atoms with Gasteiger partial charge in [0.2, 0.25) is 5.91 Å². The summed E-state index contributed by atoms with van der Waals surface area (Å²) < 4.78 is 1.82. The third kappa shape index (κ3) is 3.40. The summed E-state index contributed by atoms with van der Waals surface area (Å²) in [6.45, 7) is -0.284. The SMILES string of the molecule is O=C(O)CNC(=O)Cn1ccc2cc(-c3cccc4ccccc34)ccc21. The van der Waals surface area contributed by atoms with Crippen LogP contribution in [0.25, 0.3) is 32.8 Å². The number of benzene rings is 3. The van der Waals surface area contributed by atoms with Gasteiger partial charge in [0.1, 0.15) is 13.1 Å². The van der Waals surface area contributed by atoms with Crippen molar-refractivity contribution in [3.05, 3.63) is 72.9 Å². The average Bonchev–Trinajstić information content (AvgIpc) is 3.08. The van der Waals surface area contributed by atoms with Crippen LogP contribution in [0, 0.1) is 0 Å². The molecule has 4 rings (SSSR count). The Bertz CT molecular complexity index is 1160. The lowest BCUT2D eigenvalue weighted by Gasteiger charge is -2.09. The number of aromatic nitrogens is 1. The minimum Gasteiger partial charge on any atom is -0.480 e. The van der Waals surface area contributed by atoms with Crippen LogP contribution in [0.5, 0.6) is 0 Å². The summed E-state index contributed by atoms with van der Waals surface area (Å²) in [4.78, 5) is 22.5. The molecule has 0 aliphatic rings. The highest BCUT2D eigenvalue weighted by Gasteiger charge is 2.09. The topological polar surface area (TPSA) is 71.3 Å². The fourth-order valence-electron chi connectivity index (χ4n) is 3.37. The molecule has 0 aliphatic carbocycles. The molecule has 0 aliphatic heterocycles. The van der Waals surface area contributed by atoms with Crippen LogP contribution < -0.4 is 5.32 Å². The Balaban J connectivity index is 1.66. The van der Waals surface area contributed by atoms with E-state index in [2.05, 4.69) is 47.8 Å². The van der Waals surface area contributed by atoms with Crippen molar-refractivity contribution in [2.45, 2.75) is 6.54 Å². The van der Waals surface area contributed by atoms with Crippen molar-refractivity contribution in [1.29, 1.82) is 0 Å². The Hall–Kier alpha value is -3.60. The minimum absolute atomic E-state index is 0.0877. The fourth-order valence-corrected chi connectivity index (χ4v) is 3.37. The highest BCUT2D eigenvalue weighted by atomic mass is 16.4. The van der Waals surface area contributed by atoms with E-state index >= 15 is 0 Å². The molecule has 0 spiro atoms. The summed E-state index contributed by atoms with van der Waals surface area (Å²) in [5.41, 5.74) is 3.22. The molecule has 0 bridgehead atoms. The first-order valence-electron chi connectivity index (χ1n) is 8.67. The number of carboxylic acids is 1. The van der Waals surface area contributed by atoms with Gasteiger partial charge < -0.3 is 15.0 Å². The van der Waals surface area contributed by atoms with Crippen LogP contribution >= 0.6 is 0 Å². The molecule has 4 aromatic rings. The predicted molar refractivity (Wildman–Crippen MR) is 106 cm³/mol. The summed E-state index contributed by atoms with van der Waals surface area (Å²) in [5.74, 6) is -1.38. The molecule has 2 N–H and O–H groups in total. The molecule has 134 valence electrons. The Labute approximate surface area is 155 Å². The standard InChI is InChI=1S/C22H18N2O3/c25-21(23-13-22(26)27)14-24-11-10-17-12-16(8-9-20(17)24)19-7-3-5-15-4-1-2-6-18(15)19/h1-12H,13-14H2,(H,23,25)(H,26,27). The van der Waals surface area contributed by atoms with Gasteiger partial charge >= 0.3 is 5.97 Å². The number of aliphatic carboxylic acids is 1. The third-order valence-electron chi connectivity index (χ3n) is 4.62. The molecule has 5 heteroatoms. The van der Waals surface area contributed by atoms with Crippen LogP contribution in [0.1, 0.15) is 0 Å². The van der Waals surface area contributed by atoms with E-state index in [-0.39, 0.29) is 19.0 Å². The smallest absolute Gasteiger partial charge is 0.322 e. The first-order valence-corrected chi connectivity index (χ1v) is 8.67. The molecular formula is C22H18N2O3. The highest BCUT2D eigenvalue weighted by Crippen LogP contribution is 2.31. The van der Waals surface area contributed by atoms with E-state index in [0.29, 0.717) is 0 Å². The Kier molecular flexibility index (Phi) is 4.34. The number of carboxylic acid groups (broad SMARTS) is 1. The van der Waals surface area contributed by atoms with Crippen LogP contribution in [0.4, 0.5) is 0 Å². The first kappa shape index (κ1) is 16.8. The van der Waals surface area contributed by atoms with Crippen molar-refractivity contribution in [2.75, 3.05) is 6.54 Å². The average molecular weight is 358 g/mol. The number of rotatable bonds is 5. The van der Waals surface area contributed by atoms with E-state index < -0.39 is 5.97 Å². The van der Waals surface area contributed by atoms with Crippen LogP contribution in [-0.2, 0) is 16.1 Å². The highest BCUT2D eigenvalue weighted by molar-refractivity contribution is 5.98. The summed E-state index contributed by atoms with van der Waals surface area (Å²) in [5, 5.41) is 14.5. The number of carbonyl (C=O) groups excluding carboxylic acids is 1. The lowest BCUT2D eigenvalue weighted by molar-refractivity contribution is -0.138. The number of nitrogens with zero attached hydrogens (tertiary/aromatic N) is 1. The molecule has 0 radical (unpaired) electrons. The fraction of sp³-hybridized carbons (Fsp3) is 0.0909. The molecule has 5 nitrogen and oxygen atoms in total. The Morgan fingerprint density at radius 1 is 0.926 bits per heavy atom. The van der Waals surface area contributed by atoms with Gasteiger partial charge in [-0.25, -0.2) is 0 Å². The molecule has 0 saturated carbocycles. The van der Waals surface area contributed by atoms with Crippen molar-refractivity contribution in [3.8, 4) is 11.1 Å². The zero-order valence-electron chi connectivity index (χ0n) is 14.6. The second kappa shape index (κ2) is 6.96. The van der Waals surface area contributed by atoms with Gasteiger partial charge in [0, 0.05) is 17.1 Å². The van der Waals surface area contributed by atoms with Crippen LogP contribution in [0.3, 0.4) is 0 Å². The van der Waals surface area contributed by atoms with E-state index in [1.54, 1.807) is 0 Å². The van der Waals surface area contributed by atoms with Crippen LogP contribution in [0.2, 0.25) is 0 Å². The normalized spacial score (nSPS) is 11.0. The van der Waals surface area contributed by atoms with Crippen molar-refractivity contribution < 1.29 is 14.7 Å². The molecule has 3 aromatic carbocycles. The Morgan fingerprint density at radius 3 is 2.59 bits per heavy atom. The third-order valence-corrected chi connectivity index (χ3v) is 4.62. The van der Waals surface area contributed by atoms with Gasteiger partial charge in [-0.3, -0.25) is 9.59 Å². The maximum atomic E-state index is 11.9. The zero-order chi connectivity index (χ0) is 18.8. The lowest BCUT2D eigenvalue weighted by Crippen LogP contribution is -2.31. The van der Waals surface area contributed by atoms with Gasteiger partial charge in [-0.05, 0) is 40.1 Å². The van der Waals surface area contributed by atoms with Crippen molar-refractivity contribution >= 4 is 33.6 Å².